The molecule has 41 heavy (non-hydrogen) atoms. The van der Waals surface area contributed by atoms with Crippen LogP contribution in [0, 0.1) is 0 Å². The van der Waals surface area contributed by atoms with Gasteiger partial charge in [-0.05, 0) is 80.5 Å². The first-order valence-corrected chi connectivity index (χ1v) is 19.0. The van der Waals surface area contributed by atoms with Crippen LogP contribution in [-0.4, -0.2) is 36.0 Å². The summed E-state index contributed by atoms with van der Waals surface area (Å²) in [5.41, 5.74) is 6.08. The molecule has 0 heterocycles. The summed E-state index contributed by atoms with van der Waals surface area (Å²) < 4.78 is 0. The standard InChI is InChI=1S/C32H48NP2.C5H5.Fe/c1-33(2)32(28-21-12-13-23-30(28)34-25-15-6-3-7-16-25)29-22-14-24-31(29)35(26-17-8-4-9-18-26)27-19-10-5-11-20-27;1-2-4-5-3-1;/h12-14,21-27,32,34H,3-11,15-20H2,1-2H3;1-5H;/q-1;-5;. The van der Waals surface area contributed by atoms with Crippen LogP contribution in [0.3, 0.4) is 0 Å². The summed E-state index contributed by atoms with van der Waals surface area (Å²) in [6.45, 7) is 0. The summed E-state index contributed by atoms with van der Waals surface area (Å²) in [6.07, 6.45) is 22.0. The maximum atomic E-state index is 2.58. The molecular formula is C37H53FeNP2-6. The minimum atomic E-state index is -0.0739. The number of rotatable bonds is 8. The number of hydrogen-bond acceptors (Lipinski definition) is 1. The van der Waals surface area contributed by atoms with Gasteiger partial charge < -0.3 is 35.2 Å². The second kappa shape index (κ2) is 17.5. The van der Waals surface area contributed by atoms with Crippen molar-refractivity contribution in [2.24, 2.45) is 0 Å². The minimum absolute atomic E-state index is 0. The largest absolute Gasteiger partial charge is 0.748 e. The van der Waals surface area contributed by atoms with Gasteiger partial charge in [-0.3, -0.25) is 0 Å². The van der Waals surface area contributed by atoms with Gasteiger partial charge in [-0.25, -0.2) is 12.1 Å². The van der Waals surface area contributed by atoms with Crippen LogP contribution in [0.2, 0.25) is 0 Å². The normalized spacial score (nSPS) is 20.2. The molecular weight excluding hydrogens is 576 g/mol. The second-order valence-electron chi connectivity index (χ2n) is 12.8. The molecule has 0 N–H and O–H groups in total. The van der Waals surface area contributed by atoms with Crippen molar-refractivity contribution < 1.29 is 17.1 Å². The fourth-order valence-corrected chi connectivity index (χ4v) is 13.4. The van der Waals surface area contributed by atoms with Gasteiger partial charge in [0.2, 0.25) is 0 Å². The minimum Gasteiger partial charge on any atom is -0.748 e. The van der Waals surface area contributed by atoms with Crippen molar-refractivity contribution in [2.75, 3.05) is 14.1 Å². The van der Waals surface area contributed by atoms with Gasteiger partial charge in [0, 0.05) is 23.1 Å². The zero-order chi connectivity index (χ0) is 27.6. The summed E-state index contributed by atoms with van der Waals surface area (Å²) in [7, 11) is 5.55. The van der Waals surface area contributed by atoms with E-state index in [1.807, 2.05) is 30.3 Å². The molecule has 2 atom stereocenters. The zero-order valence-electron chi connectivity index (χ0n) is 25.6. The summed E-state index contributed by atoms with van der Waals surface area (Å²) >= 11 is 0. The molecule has 4 heteroatoms. The molecule has 0 saturated heterocycles. The predicted octanol–water partition coefficient (Wildman–Crippen LogP) is 9.87. The monoisotopic (exact) mass is 629 g/mol. The van der Waals surface area contributed by atoms with Gasteiger partial charge in [0.05, 0.1) is 0 Å². The Kier molecular flexibility index (Phi) is 14.2. The van der Waals surface area contributed by atoms with Crippen LogP contribution >= 0.6 is 16.5 Å². The third-order valence-corrected chi connectivity index (χ3v) is 14.9. The van der Waals surface area contributed by atoms with Gasteiger partial charge in [-0.1, -0.05) is 98.6 Å². The molecule has 0 radical (unpaired) electrons. The quantitative estimate of drug-likeness (QED) is 0.136. The van der Waals surface area contributed by atoms with Crippen molar-refractivity contribution >= 4 is 27.1 Å². The van der Waals surface area contributed by atoms with E-state index in [9.17, 15) is 0 Å². The third-order valence-electron chi connectivity index (χ3n) is 9.63. The molecule has 3 aromatic rings. The number of nitrogens with zero attached hydrogens (tertiary/aromatic N) is 1. The molecule has 3 aromatic carbocycles. The van der Waals surface area contributed by atoms with E-state index in [1.165, 1.54) is 96.3 Å². The maximum absolute atomic E-state index is 2.58. The Bertz CT molecular complexity index is 1050. The molecule has 0 aliphatic heterocycles. The molecule has 3 aliphatic carbocycles. The van der Waals surface area contributed by atoms with Gasteiger partial charge in [0.25, 0.3) is 0 Å². The first-order valence-electron chi connectivity index (χ1n) is 16.4. The fraction of sp³-hybridized carbons (Fsp3) is 0.568. The van der Waals surface area contributed by atoms with E-state index in [-0.39, 0.29) is 25.0 Å². The zero-order valence-corrected chi connectivity index (χ0v) is 28.6. The van der Waals surface area contributed by atoms with E-state index in [0.29, 0.717) is 6.04 Å². The number of hydrogen-bond donors (Lipinski definition) is 0. The predicted molar refractivity (Wildman–Crippen MR) is 181 cm³/mol. The smallest absolute Gasteiger partial charge is 0.0156 e. The van der Waals surface area contributed by atoms with E-state index in [4.69, 9.17) is 0 Å². The third kappa shape index (κ3) is 9.13. The summed E-state index contributed by atoms with van der Waals surface area (Å²) in [5, 5.41) is 3.43. The van der Waals surface area contributed by atoms with Gasteiger partial charge in [0.1, 0.15) is 0 Å². The van der Waals surface area contributed by atoms with Gasteiger partial charge in [0.15, 0.2) is 0 Å². The molecule has 3 aliphatic rings. The molecule has 3 fully saturated rings. The van der Waals surface area contributed by atoms with Crippen LogP contribution < -0.4 is 10.6 Å². The Labute approximate surface area is 265 Å². The fourth-order valence-electron chi connectivity index (χ4n) is 7.68. The maximum Gasteiger partial charge on any atom is 0.0156 e. The Hall–Kier alpha value is -0.741. The molecule has 0 aromatic heterocycles. The molecule has 0 amide bonds. The Morgan fingerprint density at radius 3 is 1.76 bits per heavy atom. The van der Waals surface area contributed by atoms with Crippen LogP contribution in [0.15, 0.2) is 72.8 Å². The van der Waals surface area contributed by atoms with Crippen molar-refractivity contribution in [2.45, 2.75) is 119 Å². The van der Waals surface area contributed by atoms with Gasteiger partial charge in [-0.2, -0.15) is 6.07 Å². The van der Waals surface area contributed by atoms with Crippen LogP contribution in [0.1, 0.15) is 113 Å². The van der Waals surface area contributed by atoms with Crippen molar-refractivity contribution in [3.63, 3.8) is 0 Å². The molecule has 0 spiro atoms. The average molecular weight is 630 g/mol. The Morgan fingerprint density at radius 1 is 0.707 bits per heavy atom. The summed E-state index contributed by atoms with van der Waals surface area (Å²) in [6, 6.07) is 27.4. The first kappa shape index (κ1) is 33.2. The van der Waals surface area contributed by atoms with Crippen molar-refractivity contribution in [3.05, 3.63) is 83.9 Å². The molecule has 2 unspecified atom stereocenters. The van der Waals surface area contributed by atoms with Crippen molar-refractivity contribution in [1.29, 1.82) is 0 Å². The van der Waals surface area contributed by atoms with Crippen LogP contribution in [0.25, 0.3) is 0 Å². The summed E-state index contributed by atoms with van der Waals surface area (Å²) in [5.74, 6) is 0. The molecule has 3 saturated carbocycles. The van der Waals surface area contributed by atoms with Gasteiger partial charge >= 0.3 is 0 Å². The van der Waals surface area contributed by atoms with Gasteiger partial charge in [-0.15, -0.1) is 10.9 Å². The SMILES string of the molecule is CN(C)C(c1ccccc1PC1CCCCC1)[c-]1cccc1P(C1CCCCC1)C1CCCCC1.[Fe].[cH-]1[cH-][cH-][cH-][cH-]1. The Morgan fingerprint density at radius 2 is 1.22 bits per heavy atom. The summed E-state index contributed by atoms with van der Waals surface area (Å²) in [4.78, 5) is 2.53. The van der Waals surface area contributed by atoms with Crippen molar-refractivity contribution in [1.82, 2.24) is 4.90 Å². The van der Waals surface area contributed by atoms with Crippen LogP contribution in [-0.2, 0) is 17.1 Å². The second-order valence-corrected chi connectivity index (χ2v) is 17.2. The number of benzene rings is 1. The van der Waals surface area contributed by atoms with E-state index in [1.54, 1.807) is 21.7 Å². The van der Waals surface area contributed by atoms with E-state index in [0.717, 1.165) is 25.6 Å². The molecule has 6 rings (SSSR count). The molecule has 0 bridgehead atoms. The van der Waals surface area contributed by atoms with E-state index < -0.39 is 0 Å². The van der Waals surface area contributed by atoms with E-state index >= 15 is 0 Å². The molecule has 1 nitrogen and oxygen atoms in total. The van der Waals surface area contributed by atoms with Crippen LogP contribution in [0.4, 0.5) is 0 Å². The molecule has 230 valence electrons. The Balaban J connectivity index is 0.000000584. The topological polar surface area (TPSA) is 3.24 Å². The van der Waals surface area contributed by atoms with Crippen molar-refractivity contribution in [3.8, 4) is 0 Å². The average Bonchev–Trinajstić information content (AvgIpc) is 3.73. The van der Waals surface area contributed by atoms with Crippen LogP contribution in [0.5, 0.6) is 0 Å². The van der Waals surface area contributed by atoms with E-state index in [2.05, 4.69) is 61.5 Å². The first-order chi connectivity index (χ1) is 19.7.